The lowest BCUT2D eigenvalue weighted by Crippen LogP contribution is -2.39. The number of aryl methyl sites for hydroxylation is 2. The summed E-state index contributed by atoms with van der Waals surface area (Å²) in [5, 5.41) is 6.96. The highest BCUT2D eigenvalue weighted by atomic mass is 15.3. The number of rotatable bonds is 5. The molecule has 0 spiro atoms. The van der Waals surface area contributed by atoms with Gasteiger partial charge in [-0.3, -0.25) is 4.90 Å². The number of anilines is 2. The summed E-state index contributed by atoms with van der Waals surface area (Å²) in [5.74, 6) is 2.83. The van der Waals surface area contributed by atoms with E-state index < -0.39 is 0 Å². The van der Waals surface area contributed by atoms with E-state index in [1.165, 1.54) is 17.7 Å². The molecule has 0 amide bonds. The second-order valence-corrected chi connectivity index (χ2v) is 8.56. The Labute approximate surface area is 183 Å². The topological polar surface area (TPSA) is 69.2 Å². The number of pyridine rings is 1. The quantitative estimate of drug-likeness (QED) is 0.774. The third-order valence-electron chi connectivity index (χ3n) is 5.97. The molecule has 1 fully saturated rings. The highest BCUT2D eigenvalue weighted by molar-refractivity contribution is 5.52. The summed E-state index contributed by atoms with van der Waals surface area (Å²) in [4.78, 5) is 18.5. The lowest BCUT2D eigenvalue weighted by atomic mass is 9.94. The summed E-state index contributed by atoms with van der Waals surface area (Å²) >= 11 is 0. The molecule has 2 aromatic rings. The Hall–Kier alpha value is -3.19. The van der Waals surface area contributed by atoms with Gasteiger partial charge in [0.2, 0.25) is 0 Å². The maximum atomic E-state index is 4.79. The number of hydrogen-bond acceptors (Lipinski definition) is 7. The molecule has 0 aliphatic carbocycles. The van der Waals surface area contributed by atoms with Crippen molar-refractivity contribution in [3.05, 3.63) is 77.8 Å². The van der Waals surface area contributed by atoms with Crippen LogP contribution in [0.15, 0.2) is 60.7 Å². The van der Waals surface area contributed by atoms with Crippen LogP contribution < -0.4 is 10.6 Å². The number of aromatic nitrogens is 3. The largest absolute Gasteiger partial charge is 0.363 e. The van der Waals surface area contributed by atoms with Crippen LogP contribution in [0.3, 0.4) is 0 Å². The SMILES string of the molecule is Cc1ccnc(Nc2cc(C3CCCN(CC4=CN5C=CC=CC5N4)C3)nc(C)n2)c1. The van der Waals surface area contributed by atoms with E-state index in [0.717, 1.165) is 49.2 Å². The Kier molecular flexibility index (Phi) is 5.42. The molecule has 7 nitrogen and oxygen atoms in total. The Morgan fingerprint density at radius 1 is 1.16 bits per heavy atom. The smallest absolute Gasteiger partial charge is 0.135 e. The first-order chi connectivity index (χ1) is 15.1. The van der Waals surface area contributed by atoms with Crippen LogP contribution in [0.5, 0.6) is 0 Å². The van der Waals surface area contributed by atoms with Crippen LogP contribution in [-0.4, -0.2) is 50.6 Å². The molecular weight excluding hydrogens is 386 g/mol. The first-order valence-electron chi connectivity index (χ1n) is 11.0. The molecule has 3 aliphatic heterocycles. The van der Waals surface area contributed by atoms with Crippen molar-refractivity contribution in [2.45, 2.75) is 38.8 Å². The number of nitrogens with one attached hydrogen (secondary N) is 2. The fraction of sp³-hybridized carbons (Fsp3) is 0.375. The molecule has 0 aromatic carbocycles. The molecular formula is C24H29N7. The monoisotopic (exact) mass is 415 g/mol. The Morgan fingerprint density at radius 3 is 2.97 bits per heavy atom. The minimum Gasteiger partial charge on any atom is -0.363 e. The molecule has 2 unspecified atom stereocenters. The van der Waals surface area contributed by atoms with Gasteiger partial charge in [-0.05, 0) is 63.1 Å². The molecule has 160 valence electrons. The van der Waals surface area contributed by atoms with Crippen molar-refractivity contribution in [1.82, 2.24) is 30.1 Å². The molecule has 5 rings (SSSR count). The summed E-state index contributed by atoms with van der Waals surface area (Å²) in [6.07, 6.45) is 15.1. The zero-order valence-electron chi connectivity index (χ0n) is 18.1. The molecule has 0 bridgehead atoms. The minimum atomic E-state index is 0.258. The standard InChI is InChI=1S/C24H29N7/c1-17-8-9-25-22(12-17)29-23-13-21(26-18(2)27-23)19-6-5-10-30(14-19)15-20-16-31-11-4-3-7-24(31)28-20/h3-4,7-9,11-13,16,19,24,28H,5-6,10,14-15H2,1-2H3,(H,25,26,27,29). The number of likely N-dealkylation sites (tertiary alicyclic amines) is 1. The van der Waals surface area contributed by atoms with E-state index in [1.807, 2.05) is 25.3 Å². The van der Waals surface area contributed by atoms with E-state index >= 15 is 0 Å². The minimum absolute atomic E-state index is 0.258. The van der Waals surface area contributed by atoms with Gasteiger partial charge in [-0.1, -0.05) is 6.08 Å². The van der Waals surface area contributed by atoms with Gasteiger partial charge in [0.15, 0.2) is 0 Å². The van der Waals surface area contributed by atoms with Crippen LogP contribution in [0.25, 0.3) is 0 Å². The van der Waals surface area contributed by atoms with Gasteiger partial charge < -0.3 is 15.5 Å². The van der Waals surface area contributed by atoms with E-state index in [2.05, 4.69) is 74.0 Å². The van der Waals surface area contributed by atoms with Gasteiger partial charge in [0.05, 0.1) is 5.69 Å². The van der Waals surface area contributed by atoms with E-state index in [4.69, 9.17) is 4.98 Å². The number of allylic oxidation sites excluding steroid dienone is 2. The molecule has 31 heavy (non-hydrogen) atoms. The van der Waals surface area contributed by atoms with Crippen molar-refractivity contribution in [2.75, 3.05) is 25.0 Å². The van der Waals surface area contributed by atoms with E-state index in [0.29, 0.717) is 5.92 Å². The average molecular weight is 416 g/mol. The zero-order chi connectivity index (χ0) is 21.2. The lowest BCUT2D eigenvalue weighted by Gasteiger charge is -2.33. The first kappa shape index (κ1) is 19.8. The highest BCUT2D eigenvalue weighted by Crippen LogP contribution is 2.28. The van der Waals surface area contributed by atoms with E-state index in [9.17, 15) is 0 Å². The molecule has 5 heterocycles. The number of fused-ring (bicyclic) bond motifs is 1. The van der Waals surface area contributed by atoms with Crippen molar-refractivity contribution in [1.29, 1.82) is 0 Å². The molecule has 1 saturated heterocycles. The van der Waals surface area contributed by atoms with Crippen LogP contribution in [-0.2, 0) is 0 Å². The summed E-state index contributed by atoms with van der Waals surface area (Å²) in [5.41, 5.74) is 3.56. The summed E-state index contributed by atoms with van der Waals surface area (Å²) < 4.78 is 0. The van der Waals surface area contributed by atoms with E-state index in [1.54, 1.807) is 0 Å². The van der Waals surface area contributed by atoms with Crippen molar-refractivity contribution in [3.8, 4) is 0 Å². The number of hydrogen-bond donors (Lipinski definition) is 2. The lowest BCUT2D eigenvalue weighted by molar-refractivity contribution is 0.218. The van der Waals surface area contributed by atoms with Gasteiger partial charge in [-0.15, -0.1) is 0 Å². The Morgan fingerprint density at radius 2 is 2.10 bits per heavy atom. The van der Waals surface area contributed by atoms with Gasteiger partial charge in [-0.25, -0.2) is 15.0 Å². The van der Waals surface area contributed by atoms with Gasteiger partial charge in [0.25, 0.3) is 0 Å². The van der Waals surface area contributed by atoms with Gasteiger partial charge in [-0.2, -0.15) is 0 Å². The highest BCUT2D eigenvalue weighted by Gasteiger charge is 2.27. The normalized spacial score (nSPS) is 22.8. The summed E-state index contributed by atoms with van der Waals surface area (Å²) in [7, 11) is 0. The second-order valence-electron chi connectivity index (χ2n) is 8.56. The number of piperidine rings is 1. The van der Waals surface area contributed by atoms with E-state index in [-0.39, 0.29) is 6.17 Å². The third-order valence-corrected chi connectivity index (χ3v) is 5.97. The molecule has 0 radical (unpaired) electrons. The van der Waals surface area contributed by atoms with Crippen LogP contribution >= 0.6 is 0 Å². The number of nitrogens with zero attached hydrogens (tertiary/aromatic N) is 5. The molecule has 3 aliphatic rings. The Bertz CT molecular complexity index is 1040. The maximum Gasteiger partial charge on any atom is 0.135 e. The van der Waals surface area contributed by atoms with Gasteiger partial charge in [0.1, 0.15) is 23.6 Å². The third kappa shape index (κ3) is 4.61. The van der Waals surface area contributed by atoms with Crippen LogP contribution in [0.2, 0.25) is 0 Å². The van der Waals surface area contributed by atoms with Gasteiger partial charge >= 0.3 is 0 Å². The predicted octanol–water partition coefficient (Wildman–Crippen LogP) is 3.57. The fourth-order valence-electron chi connectivity index (χ4n) is 4.53. The predicted molar refractivity (Wildman–Crippen MR) is 123 cm³/mol. The molecule has 0 saturated carbocycles. The summed E-state index contributed by atoms with van der Waals surface area (Å²) in [6, 6.07) is 6.11. The molecule has 2 atom stereocenters. The van der Waals surface area contributed by atoms with Crippen molar-refractivity contribution in [3.63, 3.8) is 0 Å². The zero-order valence-corrected chi connectivity index (χ0v) is 18.1. The second kappa shape index (κ2) is 8.51. The van der Waals surface area contributed by atoms with Crippen LogP contribution in [0.1, 0.15) is 35.8 Å². The van der Waals surface area contributed by atoms with Crippen molar-refractivity contribution >= 4 is 11.6 Å². The summed E-state index contributed by atoms with van der Waals surface area (Å²) in [6.45, 7) is 7.09. The molecule has 2 aromatic heterocycles. The fourth-order valence-corrected chi connectivity index (χ4v) is 4.53. The Balaban J connectivity index is 1.27. The van der Waals surface area contributed by atoms with Crippen molar-refractivity contribution in [2.24, 2.45) is 0 Å². The van der Waals surface area contributed by atoms with Crippen LogP contribution in [0, 0.1) is 13.8 Å². The molecule has 7 heteroatoms. The first-order valence-corrected chi connectivity index (χ1v) is 11.0. The maximum absolute atomic E-state index is 4.79. The van der Waals surface area contributed by atoms with Crippen molar-refractivity contribution < 1.29 is 0 Å². The van der Waals surface area contributed by atoms with Gasteiger partial charge in [0, 0.05) is 49.4 Å². The van der Waals surface area contributed by atoms with Crippen LogP contribution in [0.4, 0.5) is 11.6 Å². The molecule has 2 N–H and O–H groups in total. The average Bonchev–Trinajstić information content (AvgIpc) is 3.16.